The molecule has 3 rings (SSSR count). The second kappa shape index (κ2) is 4.57. The molecule has 0 amide bonds. The van der Waals surface area contributed by atoms with Crippen LogP contribution in [0.4, 0.5) is 0 Å². The van der Waals surface area contributed by atoms with Crippen molar-refractivity contribution in [3.05, 3.63) is 11.3 Å². The van der Waals surface area contributed by atoms with Gasteiger partial charge in [-0.2, -0.15) is 0 Å². The lowest BCUT2D eigenvalue weighted by molar-refractivity contribution is -0.135. The van der Waals surface area contributed by atoms with Crippen LogP contribution in [0.2, 0.25) is 0 Å². The number of carbonyl (C=O) groups excluding carboxylic acids is 1. The van der Waals surface area contributed by atoms with Gasteiger partial charge < -0.3 is 10.3 Å². The fourth-order valence-corrected chi connectivity index (χ4v) is 4.24. The van der Waals surface area contributed by atoms with Crippen LogP contribution in [0.5, 0.6) is 0 Å². The van der Waals surface area contributed by atoms with Gasteiger partial charge >= 0.3 is 0 Å². The molecule has 4 nitrogen and oxygen atoms in total. The van der Waals surface area contributed by atoms with Gasteiger partial charge in [-0.15, -0.1) is 0 Å². The van der Waals surface area contributed by atoms with Crippen molar-refractivity contribution in [2.75, 3.05) is 19.6 Å². The molecular formula is C16H27N3O. The molecule has 1 aliphatic carbocycles. The quantitative estimate of drug-likeness (QED) is 0.767. The molecule has 0 atom stereocenters. The van der Waals surface area contributed by atoms with Crippen LogP contribution < -0.4 is 10.7 Å². The summed E-state index contributed by atoms with van der Waals surface area (Å²) in [6.07, 6.45) is 3.31. The van der Waals surface area contributed by atoms with Crippen LogP contribution in [0.15, 0.2) is 11.3 Å². The Hall–Kier alpha value is -0.870. The van der Waals surface area contributed by atoms with Crippen molar-refractivity contribution in [1.82, 2.24) is 15.8 Å². The van der Waals surface area contributed by atoms with E-state index in [0.29, 0.717) is 11.8 Å². The lowest BCUT2D eigenvalue weighted by atomic mass is 9.53. The third-order valence-electron chi connectivity index (χ3n) is 5.78. The van der Waals surface area contributed by atoms with E-state index in [1.165, 1.54) is 5.57 Å². The molecule has 2 heterocycles. The first-order valence-electron chi connectivity index (χ1n) is 7.89. The van der Waals surface area contributed by atoms with E-state index in [0.717, 1.165) is 44.6 Å². The van der Waals surface area contributed by atoms with E-state index in [1.54, 1.807) is 0 Å². The second-order valence-electron chi connectivity index (χ2n) is 7.41. The van der Waals surface area contributed by atoms with Crippen molar-refractivity contribution in [2.45, 2.75) is 53.0 Å². The molecule has 0 aromatic rings. The predicted molar refractivity (Wildman–Crippen MR) is 79.9 cm³/mol. The molecule has 112 valence electrons. The van der Waals surface area contributed by atoms with Crippen LogP contribution in [0.1, 0.15) is 47.0 Å². The van der Waals surface area contributed by atoms with E-state index in [4.69, 9.17) is 0 Å². The number of hydrazine groups is 1. The molecule has 4 heteroatoms. The lowest BCUT2D eigenvalue weighted by Gasteiger charge is -2.52. The molecule has 0 unspecified atom stereocenters. The summed E-state index contributed by atoms with van der Waals surface area (Å²) in [4.78, 5) is 13.2. The van der Waals surface area contributed by atoms with Gasteiger partial charge in [-0.25, -0.2) is 5.43 Å². The van der Waals surface area contributed by atoms with Gasteiger partial charge in [-0.05, 0) is 57.2 Å². The molecule has 0 bridgehead atoms. The number of nitrogens with zero attached hydrogens (tertiary/aromatic N) is 1. The van der Waals surface area contributed by atoms with Crippen molar-refractivity contribution >= 4 is 5.78 Å². The van der Waals surface area contributed by atoms with E-state index in [1.807, 2.05) is 0 Å². The van der Waals surface area contributed by atoms with Crippen LogP contribution in [0, 0.1) is 10.8 Å². The normalized spacial score (nSPS) is 28.4. The maximum atomic E-state index is 13.2. The number of ketones is 1. The van der Waals surface area contributed by atoms with Crippen LogP contribution in [0.25, 0.3) is 0 Å². The second-order valence-corrected chi connectivity index (χ2v) is 7.41. The van der Waals surface area contributed by atoms with Gasteiger partial charge in [0.2, 0.25) is 0 Å². The van der Waals surface area contributed by atoms with Crippen molar-refractivity contribution < 1.29 is 4.79 Å². The molecular weight excluding hydrogens is 250 g/mol. The zero-order valence-corrected chi connectivity index (χ0v) is 13.2. The number of hydrogen-bond donors (Lipinski definition) is 2. The highest BCUT2D eigenvalue weighted by Gasteiger charge is 2.56. The van der Waals surface area contributed by atoms with Gasteiger partial charge in [0.1, 0.15) is 0 Å². The maximum Gasteiger partial charge on any atom is 0.186 e. The average Bonchev–Trinajstić information content (AvgIpc) is 2.81. The van der Waals surface area contributed by atoms with Gasteiger partial charge in [-0.3, -0.25) is 4.79 Å². The number of piperidine rings is 1. The zero-order chi connectivity index (χ0) is 14.5. The number of carbonyl (C=O) groups is 1. The third-order valence-corrected chi connectivity index (χ3v) is 5.78. The Labute approximate surface area is 121 Å². The first kappa shape index (κ1) is 14.1. The first-order chi connectivity index (χ1) is 9.39. The van der Waals surface area contributed by atoms with Crippen molar-refractivity contribution in [3.63, 3.8) is 0 Å². The summed E-state index contributed by atoms with van der Waals surface area (Å²) >= 11 is 0. The highest BCUT2D eigenvalue weighted by Crippen LogP contribution is 2.56. The van der Waals surface area contributed by atoms with Gasteiger partial charge in [0.25, 0.3) is 0 Å². The summed E-state index contributed by atoms with van der Waals surface area (Å²) in [6.45, 7) is 11.5. The SMILES string of the molecule is CC(C)N1NCC2=C1C(=O)C(C)(C)C1(CCNCC1)C2. The van der Waals surface area contributed by atoms with Crippen LogP contribution in [-0.4, -0.2) is 36.5 Å². The Morgan fingerprint density at radius 1 is 1.20 bits per heavy atom. The molecule has 2 aliphatic heterocycles. The molecule has 2 N–H and O–H groups in total. The fourth-order valence-electron chi connectivity index (χ4n) is 4.24. The molecule has 0 saturated carbocycles. The van der Waals surface area contributed by atoms with Crippen molar-refractivity contribution in [3.8, 4) is 0 Å². The molecule has 20 heavy (non-hydrogen) atoms. The maximum absolute atomic E-state index is 13.2. The minimum absolute atomic E-state index is 0.156. The summed E-state index contributed by atoms with van der Waals surface area (Å²) in [5.41, 5.74) is 5.61. The first-order valence-corrected chi connectivity index (χ1v) is 7.89. The lowest BCUT2D eigenvalue weighted by Crippen LogP contribution is -2.54. The van der Waals surface area contributed by atoms with E-state index >= 15 is 0 Å². The number of nitrogens with one attached hydrogen (secondary N) is 2. The van der Waals surface area contributed by atoms with Gasteiger partial charge in [0, 0.05) is 18.0 Å². The van der Waals surface area contributed by atoms with Crippen LogP contribution >= 0.6 is 0 Å². The molecule has 0 aromatic carbocycles. The number of hydrogen-bond acceptors (Lipinski definition) is 4. The monoisotopic (exact) mass is 277 g/mol. The van der Waals surface area contributed by atoms with Crippen molar-refractivity contribution in [2.24, 2.45) is 10.8 Å². The van der Waals surface area contributed by atoms with Gasteiger partial charge in [0.05, 0.1) is 5.70 Å². The minimum atomic E-state index is -0.257. The van der Waals surface area contributed by atoms with Gasteiger partial charge in [-0.1, -0.05) is 13.8 Å². The van der Waals surface area contributed by atoms with Crippen LogP contribution in [-0.2, 0) is 4.79 Å². The molecule has 1 spiro atoms. The third kappa shape index (κ3) is 1.77. The topological polar surface area (TPSA) is 44.4 Å². The smallest absolute Gasteiger partial charge is 0.186 e. The highest BCUT2D eigenvalue weighted by atomic mass is 16.1. The number of rotatable bonds is 1. The zero-order valence-electron chi connectivity index (χ0n) is 13.2. The summed E-state index contributed by atoms with van der Waals surface area (Å²) in [6, 6.07) is 0.323. The van der Waals surface area contributed by atoms with E-state index in [2.05, 4.69) is 43.4 Å². The summed E-state index contributed by atoms with van der Waals surface area (Å²) in [7, 11) is 0. The van der Waals surface area contributed by atoms with Crippen LogP contribution in [0.3, 0.4) is 0 Å². The largest absolute Gasteiger partial charge is 0.317 e. The molecule has 1 fully saturated rings. The molecule has 3 aliphatic rings. The van der Waals surface area contributed by atoms with Gasteiger partial charge in [0.15, 0.2) is 5.78 Å². The Morgan fingerprint density at radius 2 is 1.85 bits per heavy atom. The highest BCUT2D eigenvalue weighted by molar-refractivity contribution is 6.01. The number of Topliss-reactive ketones (excluding diaryl/α,β-unsaturated/α-hetero) is 1. The van der Waals surface area contributed by atoms with E-state index < -0.39 is 0 Å². The Kier molecular flexibility index (Phi) is 3.22. The molecule has 1 saturated heterocycles. The summed E-state index contributed by atoms with van der Waals surface area (Å²) in [5, 5.41) is 5.53. The van der Waals surface area contributed by atoms with Crippen molar-refractivity contribution in [1.29, 1.82) is 0 Å². The Balaban J connectivity index is 2.02. The summed E-state index contributed by atoms with van der Waals surface area (Å²) in [5.74, 6) is 0.347. The predicted octanol–water partition coefficient (Wildman–Crippen LogP) is 1.84. The minimum Gasteiger partial charge on any atom is -0.317 e. The Morgan fingerprint density at radius 3 is 2.45 bits per heavy atom. The molecule has 0 aromatic heterocycles. The molecule has 0 radical (unpaired) electrons. The summed E-state index contributed by atoms with van der Waals surface area (Å²) < 4.78 is 0. The Bertz CT molecular complexity index is 458. The number of allylic oxidation sites excluding steroid dienone is 1. The van der Waals surface area contributed by atoms with E-state index in [-0.39, 0.29) is 10.8 Å². The van der Waals surface area contributed by atoms with E-state index in [9.17, 15) is 4.79 Å². The average molecular weight is 277 g/mol. The fraction of sp³-hybridized carbons (Fsp3) is 0.812. The standard InChI is InChI=1S/C16H27N3O/c1-11(2)19-13-12(10-18-19)9-16(5-7-17-8-6-16)15(3,4)14(13)20/h11,17-18H,5-10H2,1-4H3.